The van der Waals surface area contributed by atoms with E-state index in [1.165, 1.54) is 18.9 Å². The first-order valence-corrected chi connectivity index (χ1v) is 11.3. The molecule has 0 unspecified atom stereocenters. The Hall–Kier alpha value is -2.85. The van der Waals surface area contributed by atoms with Gasteiger partial charge in [-0.3, -0.25) is 19.8 Å². The number of rotatable bonds is 10. The summed E-state index contributed by atoms with van der Waals surface area (Å²) in [7, 11) is 0. The molecule has 32 heavy (non-hydrogen) atoms. The largest absolute Gasteiger partial charge is 0.465 e. The van der Waals surface area contributed by atoms with Crippen molar-refractivity contribution in [3.05, 3.63) is 57.3 Å². The summed E-state index contributed by atoms with van der Waals surface area (Å²) in [5.41, 5.74) is 8.19. The lowest BCUT2D eigenvalue weighted by molar-refractivity contribution is -0.383. The van der Waals surface area contributed by atoms with Crippen molar-refractivity contribution in [2.75, 3.05) is 36.9 Å². The first-order chi connectivity index (χ1) is 15.4. The molecule has 1 aromatic carbocycles. The van der Waals surface area contributed by atoms with Crippen molar-refractivity contribution in [1.82, 2.24) is 9.88 Å². The van der Waals surface area contributed by atoms with Gasteiger partial charge >= 0.3 is 11.7 Å². The number of anilines is 2. The number of hydrogen-bond acceptors (Lipinski definition) is 9. The summed E-state index contributed by atoms with van der Waals surface area (Å²) >= 11 is 4.23. The lowest BCUT2D eigenvalue weighted by Crippen LogP contribution is -2.32. The molecule has 2 aromatic rings. The van der Waals surface area contributed by atoms with Gasteiger partial charge in [0.25, 0.3) is 0 Å². The van der Waals surface area contributed by atoms with Crippen LogP contribution in [-0.2, 0) is 28.4 Å². The highest BCUT2D eigenvalue weighted by atomic mass is 32.1. The first kappa shape index (κ1) is 23.8. The predicted octanol–water partition coefficient (Wildman–Crippen LogP) is 3.17. The van der Waals surface area contributed by atoms with Gasteiger partial charge in [-0.05, 0) is 50.0 Å². The van der Waals surface area contributed by atoms with Gasteiger partial charge in [0, 0.05) is 18.8 Å². The summed E-state index contributed by atoms with van der Waals surface area (Å²) in [4.78, 5) is 31.9. The summed E-state index contributed by atoms with van der Waals surface area (Å²) < 4.78 is 5.10. The molecule has 9 nitrogen and oxygen atoms in total. The van der Waals surface area contributed by atoms with E-state index in [0.717, 1.165) is 30.8 Å². The van der Waals surface area contributed by atoms with Crippen molar-refractivity contribution >= 4 is 35.8 Å². The van der Waals surface area contributed by atoms with E-state index >= 15 is 0 Å². The van der Waals surface area contributed by atoms with Crippen LogP contribution in [0.5, 0.6) is 0 Å². The van der Waals surface area contributed by atoms with Crippen molar-refractivity contribution in [2.45, 2.75) is 38.6 Å². The van der Waals surface area contributed by atoms with Gasteiger partial charge in [0.05, 0.1) is 17.2 Å². The minimum Gasteiger partial charge on any atom is -0.465 e. The minimum absolute atomic E-state index is 0.0132. The number of carbonyl (C=O) groups is 1. The normalized spacial score (nSPS) is 13.8. The van der Waals surface area contributed by atoms with Crippen LogP contribution < -0.4 is 10.6 Å². The zero-order valence-electron chi connectivity index (χ0n) is 18.2. The molecule has 2 heterocycles. The zero-order valence-corrected chi connectivity index (χ0v) is 19.1. The van der Waals surface area contributed by atoms with E-state index in [-0.39, 0.29) is 42.6 Å². The van der Waals surface area contributed by atoms with E-state index in [2.05, 4.69) is 34.6 Å². The fourth-order valence-electron chi connectivity index (χ4n) is 3.90. The van der Waals surface area contributed by atoms with Gasteiger partial charge in [-0.2, -0.15) is 12.6 Å². The monoisotopic (exact) mass is 459 g/mol. The number of ether oxygens (including phenoxy) is 1. The number of likely N-dealkylation sites (tertiary alicyclic amines) is 1. The molecule has 0 aliphatic carbocycles. The molecule has 0 radical (unpaired) electrons. The Morgan fingerprint density at radius 3 is 2.69 bits per heavy atom. The molecular formula is C22H29N5O4S. The molecule has 1 fully saturated rings. The molecule has 0 atom stereocenters. The number of benzene rings is 1. The second-order valence-corrected chi connectivity index (χ2v) is 8.07. The molecule has 0 amide bonds. The number of thiol groups is 1. The van der Waals surface area contributed by atoms with Crippen LogP contribution in [-0.4, -0.2) is 47.0 Å². The number of hydrogen-bond donors (Lipinski definition) is 2. The van der Waals surface area contributed by atoms with E-state index in [1.807, 2.05) is 12.1 Å². The Bertz CT molecular complexity index is 965. The number of pyridine rings is 1. The van der Waals surface area contributed by atoms with E-state index in [0.29, 0.717) is 5.69 Å². The van der Waals surface area contributed by atoms with Crippen molar-refractivity contribution in [3.8, 4) is 0 Å². The maximum absolute atomic E-state index is 12.3. The van der Waals surface area contributed by atoms with Crippen LogP contribution in [0.1, 0.15) is 36.6 Å². The van der Waals surface area contributed by atoms with Crippen LogP contribution in [0.4, 0.5) is 17.2 Å². The first-order valence-electron chi connectivity index (χ1n) is 10.7. The highest BCUT2D eigenvalue weighted by Crippen LogP contribution is 2.34. The highest BCUT2D eigenvalue weighted by Gasteiger charge is 2.28. The van der Waals surface area contributed by atoms with Crippen molar-refractivity contribution in [1.29, 1.82) is 0 Å². The lowest BCUT2D eigenvalue weighted by atomic mass is 10.1. The number of aromatic nitrogens is 1. The second-order valence-electron chi connectivity index (χ2n) is 7.75. The number of nitrogens with two attached hydrogens (primary N) is 1. The van der Waals surface area contributed by atoms with Crippen LogP contribution in [0.15, 0.2) is 30.3 Å². The molecule has 3 rings (SSSR count). The third-order valence-electron chi connectivity index (χ3n) is 5.30. The third kappa shape index (κ3) is 6.10. The Morgan fingerprint density at radius 1 is 1.31 bits per heavy atom. The Kier molecular flexibility index (Phi) is 8.29. The Labute approximate surface area is 193 Å². The summed E-state index contributed by atoms with van der Waals surface area (Å²) in [5.74, 6) is -0.197. The van der Waals surface area contributed by atoms with Gasteiger partial charge in [-0.15, -0.1) is 0 Å². The molecular weight excluding hydrogens is 430 g/mol. The van der Waals surface area contributed by atoms with Gasteiger partial charge in [0.1, 0.15) is 12.2 Å². The molecule has 10 heteroatoms. The number of carbonyl (C=O) groups excluding carboxylic acids is 1. The van der Waals surface area contributed by atoms with E-state index in [9.17, 15) is 14.9 Å². The maximum Gasteiger partial charge on any atom is 0.334 e. The summed E-state index contributed by atoms with van der Waals surface area (Å²) in [5, 5.41) is 11.8. The van der Waals surface area contributed by atoms with E-state index < -0.39 is 10.9 Å². The second kappa shape index (κ2) is 11.1. The Balaban J connectivity index is 1.94. The quantitative estimate of drug-likeness (QED) is 0.241. The van der Waals surface area contributed by atoms with E-state index in [1.54, 1.807) is 11.8 Å². The van der Waals surface area contributed by atoms with Crippen molar-refractivity contribution < 1.29 is 14.5 Å². The average molecular weight is 460 g/mol. The summed E-state index contributed by atoms with van der Waals surface area (Å²) in [6.07, 6.45) is 2.43. The van der Waals surface area contributed by atoms with Gasteiger partial charge in [0.15, 0.2) is 0 Å². The topological polar surface area (TPSA) is 115 Å². The maximum atomic E-state index is 12.3. The van der Waals surface area contributed by atoms with Gasteiger partial charge in [-0.1, -0.05) is 24.3 Å². The lowest BCUT2D eigenvalue weighted by Gasteiger charge is -2.24. The molecule has 1 aromatic heterocycles. The van der Waals surface area contributed by atoms with Crippen LogP contribution >= 0.6 is 12.6 Å². The van der Waals surface area contributed by atoms with Crippen molar-refractivity contribution in [2.24, 2.45) is 0 Å². The molecule has 1 saturated heterocycles. The SMILES string of the molecule is CCOC(=O)CN(Cc1cccc(CN2CCCC2)c1)c1nc(CS)cc(N)c1[N+](=O)[O-]. The van der Waals surface area contributed by atoms with Gasteiger partial charge in [0.2, 0.25) is 5.82 Å². The van der Waals surface area contributed by atoms with Crippen LogP contribution in [0.25, 0.3) is 0 Å². The number of nitro groups is 1. The summed E-state index contributed by atoms with van der Waals surface area (Å²) in [6, 6.07) is 9.46. The molecule has 0 bridgehead atoms. The average Bonchev–Trinajstić information content (AvgIpc) is 3.25. The fraction of sp³-hybridized carbons (Fsp3) is 0.455. The molecule has 1 aliphatic rings. The molecule has 2 N–H and O–H groups in total. The van der Waals surface area contributed by atoms with Crippen LogP contribution in [0.2, 0.25) is 0 Å². The molecule has 0 saturated carbocycles. The van der Waals surface area contributed by atoms with Crippen LogP contribution in [0.3, 0.4) is 0 Å². The number of esters is 1. The van der Waals surface area contributed by atoms with E-state index in [4.69, 9.17) is 10.5 Å². The zero-order chi connectivity index (χ0) is 23.1. The standard InChI is InChI=1S/C22H29N5O4S/c1-2-31-20(28)14-26(22-21(27(29)30)19(23)11-18(15-32)24-22)13-17-7-5-6-16(10-17)12-25-8-3-4-9-25/h5-7,10-11,32H,2-4,8-9,12-15H2,1H3,(H2,23,24). The van der Waals surface area contributed by atoms with Gasteiger partial charge in [-0.25, -0.2) is 4.98 Å². The smallest absolute Gasteiger partial charge is 0.334 e. The fourth-order valence-corrected chi connectivity index (χ4v) is 4.06. The minimum atomic E-state index is -0.568. The summed E-state index contributed by atoms with van der Waals surface area (Å²) in [6.45, 7) is 5.02. The van der Waals surface area contributed by atoms with Gasteiger partial charge < -0.3 is 15.4 Å². The third-order valence-corrected chi connectivity index (χ3v) is 5.62. The number of nitrogens with zero attached hydrogens (tertiary/aromatic N) is 4. The molecule has 172 valence electrons. The molecule has 0 spiro atoms. The van der Waals surface area contributed by atoms with Crippen molar-refractivity contribution in [3.63, 3.8) is 0 Å². The highest BCUT2D eigenvalue weighted by molar-refractivity contribution is 7.79. The molecule has 1 aliphatic heterocycles. The Morgan fingerprint density at radius 2 is 2.03 bits per heavy atom. The van der Waals surface area contributed by atoms with Crippen LogP contribution in [0, 0.1) is 10.1 Å². The number of nitrogen functional groups attached to an aromatic ring is 1. The predicted molar refractivity (Wildman–Crippen MR) is 127 cm³/mol.